The van der Waals surface area contributed by atoms with Gasteiger partial charge < -0.3 is 10.5 Å². The maximum absolute atomic E-state index is 12.9. The number of hydrogen-bond donors (Lipinski definition) is 2. The maximum Gasteiger partial charge on any atom is 0.244 e. The summed E-state index contributed by atoms with van der Waals surface area (Å²) < 4.78 is 33.9. The summed E-state index contributed by atoms with van der Waals surface area (Å²) in [4.78, 5) is 0.0805. The summed E-state index contributed by atoms with van der Waals surface area (Å²) in [7, 11) is -2.31. The zero-order valence-corrected chi connectivity index (χ0v) is 14.6. The second kappa shape index (κ2) is 6.71. The Kier molecular flexibility index (Phi) is 4.81. The predicted octanol–water partition coefficient (Wildman–Crippen LogP) is 1.75. The van der Waals surface area contributed by atoms with Crippen LogP contribution in [0, 0.1) is 23.2 Å². The van der Waals surface area contributed by atoms with E-state index in [-0.39, 0.29) is 22.7 Å². The van der Waals surface area contributed by atoms with Crippen LogP contribution >= 0.6 is 0 Å². The average molecular weight is 349 g/mol. The van der Waals surface area contributed by atoms with Gasteiger partial charge in [-0.3, -0.25) is 0 Å². The maximum atomic E-state index is 12.9. The van der Waals surface area contributed by atoms with Crippen molar-refractivity contribution >= 4 is 10.0 Å². The van der Waals surface area contributed by atoms with Crippen LogP contribution < -0.4 is 15.2 Å². The molecule has 2 saturated carbocycles. The van der Waals surface area contributed by atoms with Crippen LogP contribution in [0.25, 0.3) is 0 Å². The van der Waals surface area contributed by atoms with E-state index in [4.69, 9.17) is 15.7 Å². The van der Waals surface area contributed by atoms with E-state index in [1.165, 1.54) is 25.3 Å². The normalized spacial score (nSPS) is 29.7. The fourth-order valence-corrected chi connectivity index (χ4v) is 5.71. The quantitative estimate of drug-likeness (QED) is 0.861. The summed E-state index contributed by atoms with van der Waals surface area (Å²) in [6.45, 7) is 0. The first kappa shape index (κ1) is 17.2. The molecule has 130 valence electrons. The number of rotatable bonds is 4. The number of nitrogens with one attached hydrogen (secondary N) is 1. The van der Waals surface area contributed by atoms with Gasteiger partial charge in [-0.05, 0) is 55.7 Å². The highest BCUT2D eigenvalue weighted by Crippen LogP contribution is 2.40. The summed E-state index contributed by atoms with van der Waals surface area (Å²) in [6, 6.07) is 6.48. The summed E-state index contributed by atoms with van der Waals surface area (Å²) in [6.07, 6.45) is 4.91. The van der Waals surface area contributed by atoms with Crippen molar-refractivity contribution in [3.63, 3.8) is 0 Å². The third-order valence-electron chi connectivity index (χ3n) is 5.25. The minimum absolute atomic E-state index is 0.0658. The van der Waals surface area contributed by atoms with E-state index < -0.39 is 10.0 Å². The summed E-state index contributed by atoms with van der Waals surface area (Å²) in [5.41, 5.74) is 6.48. The number of benzene rings is 1. The third kappa shape index (κ3) is 3.27. The lowest BCUT2D eigenvalue weighted by Crippen LogP contribution is -2.53. The van der Waals surface area contributed by atoms with E-state index in [2.05, 4.69) is 4.72 Å². The molecule has 3 N–H and O–H groups in total. The molecule has 7 heteroatoms. The molecule has 2 unspecified atom stereocenters. The van der Waals surface area contributed by atoms with Crippen molar-refractivity contribution in [1.29, 1.82) is 5.26 Å². The van der Waals surface area contributed by atoms with Gasteiger partial charge in [0.2, 0.25) is 10.0 Å². The molecule has 1 aromatic carbocycles. The van der Waals surface area contributed by atoms with Gasteiger partial charge >= 0.3 is 0 Å². The molecule has 0 heterocycles. The van der Waals surface area contributed by atoms with Gasteiger partial charge in [-0.2, -0.15) is 5.26 Å². The van der Waals surface area contributed by atoms with E-state index in [0.29, 0.717) is 17.4 Å². The first-order chi connectivity index (χ1) is 11.4. The number of ether oxygens (including phenoxy) is 1. The Balaban J connectivity index is 1.88. The second-order valence-electron chi connectivity index (χ2n) is 6.81. The van der Waals surface area contributed by atoms with E-state index in [0.717, 1.165) is 32.1 Å². The Bertz CT molecular complexity index is 743. The van der Waals surface area contributed by atoms with Gasteiger partial charge in [0.15, 0.2) is 0 Å². The Morgan fingerprint density at radius 3 is 2.54 bits per heavy atom. The van der Waals surface area contributed by atoms with Crippen molar-refractivity contribution in [2.45, 2.75) is 49.1 Å². The SMILES string of the molecule is COc1cc(C#N)ccc1S(=O)(=O)NC1C2CCCC1CC(N)C2. The lowest BCUT2D eigenvalue weighted by Gasteiger charge is -2.45. The van der Waals surface area contributed by atoms with Crippen molar-refractivity contribution in [2.75, 3.05) is 7.11 Å². The minimum atomic E-state index is -3.71. The molecule has 0 radical (unpaired) electrons. The number of fused-ring (bicyclic) bond motifs is 2. The topological polar surface area (TPSA) is 105 Å². The Labute approximate surface area is 143 Å². The van der Waals surface area contributed by atoms with Crippen LogP contribution in [-0.4, -0.2) is 27.6 Å². The molecule has 6 nitrogen and oxygen atoms in total. The molecule has 24 heavy (non-hydrogen) atoms. The number of hydrogen-bond acceptors (Lipinski definition) is 5. The Morgan fingerprint density at radius 1 is 1.29 bits per heavy atom. The molecule has 0 amide bonds. The van der Waals surface area contributed by atoms with Crippen molar-refractivity contribution in [1.82, 2.24) is 4.72 Å². The Hall–Kier alpha value is -1.62. The number of nitriles is 1. The van der Waals surface area contributed by atoms with Crippen LogP contribution in [-0.2, 0) is 10.0 Å². The van der Waals surface area contributed by atoms with E-state index in [1.54, 1.807) is 0 Å². The van der Waals surface area contributed by atoms with Gasteiger partial charge in [-0.15, -0.1) is 0 Å². The lowest BCUT2D eigenvalue weighted by atomic mass is 9.67. The largest absolute Gasteiger partial charge is 0.495 e. The molecule has 2 aliphatic rings. The summed E-state index contributed by atoms with van der Waals surface area (Å²) >= 11 is 0. The van der Waals surface area contributed by atoms with Crippen LogP contribution in [0.3, 0.4) is 0 Å². The van der Waals surface area contributed by atoms with E-state index >= 15 is 0 Å². The fourth-order valence-electron chi connectivity index (χ4n) is 4.18. The van der Waals surface area contributed by atoms with Crippen LogP contribution in [0.5, 0.6) is 5.75 Å². The van der Waals surface area contributed by atoms with Crippen LogP contribution in [0.2, 0.25) is 0 Å². The first-order valence-corrected chi connectivity index (χ1v) is 9.79. The molecule has 0 spiro atoms. The van der Waals surface area contributed by atoms with Gasteiger partial charge in [0.1, 0.15) is 10.6 Å². The molecule has 2 bridgehead atoms. The number of sulfonamides is 1. The van der Waals surface area contributed by atoms with Gasteiger partial charge in [-0.25, -0.2) is 13.1 Å². The number of nitrogens with zero attached hydrogens (tertiary/aromatic N) is 1. The van der Waals surface area contributed by atoms with Crippen LogP contribution in [0.4, 0.5) is 0 Å². The van der Waals surface area contributed by atoms with Gasteiger partial charge in [-0.1, -0.05) is 6.42 Å². The van der Waals surface area contributed by atoms with Crippen molar-refractivity contribution in [3.8, 4) is 11.8 Å². The van der Waals surface area contributed by atoms with Gasteiger partial charge in [0, 0.05) is 12.1 Å². The standard InChI is InChI=1S/C17H23N3O3S/c1-23-15-7-11(10-18)5-6-16(15)24(21,22)20-17-12-3-2-4-13(17)9-14(19)8-12/h5-7,12-14,17,20H,2-4,8-9,19H2,1H3. The Morgan fingerprint density at radius 2 is 1.96 bits per heavy atom. The highest BCUT2D eigenvalue weighted by atomic mass is 32.2. The summed E-state index contributed by atoms with van der Waals surface area (Å²) in [5.74, 6) is 0.789. The lowest BCUT2D eigenvalue weighted by molar-refractivity contribution is 0.125. The number of nitrogens with two attached hydrogens (primary N) is 1. The predicted molar refractivity (Wildman–Crippen MR) is 89.9 cm³/mol. The van der Waals surface area contributed by atoms with Crippen molar-refractivity contribution in [2.24, 2.45) is 17.6 Å². The molecule has 3 rings (SSSR count). The summed E-state index contributed by atoms with van der Waals surface area (Å²) in [5, 5.41) is 8.96. The smallest absolute Gasteiger partial charge is 0.244 e. The van der Waals surface area contributed by atoms with Crippen molar-refractivity contribution < 1.29 is 13.2 Å². The molecule has 0 aliphatic heterocycles. The average Bonchev–Trinajstić information content (AvgIpc) is 2.54. The molecule has 2 aliphatic carbocycles. The molecule has 0 saturated heterocycles. The fraction of sp³-hybridized carbons (Fsp3) is 0.588. The highest BCUT2D eigenvalue weighted by Gasteiger charge is 2.41. The molecule has 1 aromatic rings. The zero-order valence-electron chi connectivity index (χ0n) is 13.7. The second-order valence-corrected chi connectivity index (χ2v) is 8.49. The third-order valence-corrected chi connectivity index (χ3v) is 6.75. The highest BCUT2D eigenvalue weighted by molar-refractivity contribution is 7.89. The van der Waals surface area contributed by atoms with Crippen LogP contribution in [0.15, 0.2) is 23.1 Å². The minimum Gasteiger partial charge on any atom is -0.495 e. The van der Waals surface area contributed by atoms with Crippen LogP contribution in [0.1, 0.15) is 37.7 Å². The first-order valence-electron chi connectivity index (χ1n) is 8.30. The molecular weight excluding hydrogens is 326 g/mol. The monoisotopic (exact) mass is 349 g/mol. The molecule has 2 fully saturated rings. The van der Waals surface area contributed by atoms with Gasteiger partial charge in [0.05, 0.1) is 18.7 Å². The van der Waals surface area contributed by atoms with Crippen molar-refractivity contribution in [3.05, 3.63) is 23.8 Å². The van der Waals surface area contributed by atoms with Gasteiger partial charge in [0.25, 0.3) is 0 Å². The molecule has 2 atom stereocenters. The number of methoxy groups -OCH3 is 1. The van der Waals surface area contributed by atoms with E-state index in [1.807, 2.05) is 6.07 Å². The molecule has 0 aromatic heterocycles. The molecular formula is C17H23N3O3S. The zero-order chi connectivity index (χ0) is 17.3. The van der Waals surface area contributed by atoms with E-state index in [9.17, 15) is 8.42 Å².